The third-order valence-electron chi connectivity index (χ3n) is 2.64. The van der Waals surface area contributed by atoms with Crippen LogP contribution in [0.1, 0.15) is 11.1 Å². The first-order valence-corrected chi connectivity index (χ1v) is 4.91. The maximum Gasteiger partial charge on any atom is 0.182 e. The standard InChI is InChI=1S/C10H11N5/c1-11-5-7-2-3-9-8(4-7)6-15-10(9)12-13-14-15/h2-4,11H,5-6H2,1H3. The van der Waals surface area contributed by atoms with E-state index in [1.54, 1.807) is 0 Å². The summed E-state index contributed by atoms with van der Waals surface area (Å²) in [5.41, 5.74) is 3.72. The zero-order valence-electron chi connectivity index (χ0n) is 8.44. The van der Waals surface area contributed by atoms with Gasteiger partial charge in [0.15, 0.2) is 5.82 Å². The minimum Gasteiger partial charge on any atom is -0.316 e. The Bertz CT molecular complexity index is 502. The summed E-state index contributed by atoms with van der Waals surface area (Å²) in [6.45, 7) is 1.68. The smallest absolute Gasteiger partial charge is 0.182 e. The molecule has 1 aromatic carbocycles. The summed E-state index contributed by atoms with van der Waals surface area (Å²) in [6.07, 6.45) is 0. The maximum absolute atomic E-state index is 4.00. The number of benzene rings is 1. The van der Waals surface area contributed by atoms with Crippen molar-refractivity contribution in [1.29, 1.82) is 0 Å². The Kier molecular flexibility index (Phi) is 1.78. The quantitative estimate of drug-likeness (QED) is 0.653. The second-order valence-electron chi connectivity index (χ2n) is 3.68. The normalized spacial score (nSPS) is 12.6. The van der Waals surface area contributed by atoms with Crippen LogP contribution in [-0.4, -0.2) is 27.3 Å². The van der Waals surface area contributed by atoms with Crippen LogP contribution in [0.4, 0.5) is 0 Å². The minimum absolute atomic E-state index is 0.787. The van der Waals surface area contributed by atoms with Crippen molar-refractivity contribution in [2.24, 2.45) is 0 Å². The molecule has 3 rings (SSSR count). The number of rotatable bonds is 2. The molecule has 1 aromatic heterocycles. The topological polar surface area (TPSA) is 55.6 Å². The van der Waals surface area contributed by atoms with Gasteiger partial charge >= 0.3 is 0 Å². The van der Waals surface area contributed by atoms with Gasteiger partial charge in [-0.15, -0.1) is 5.10 Å². The summed E-state index contributed by atoms with van der Waals surface area (Å²) >= 11 is 0. The molecule has 5 nitrogen and oxygen atoms in total. The lowest BCUT2D eigenvalue weighted by Gasteiger charge is -2.02. The van der Waals surface area contributed by atoms with E-state index in [-0.39, 0.29) is 0 Å². The molecule has 2 aromatic rings. The van der Waals surface area contributed by atoms with Crippen LogP contribution < -0.4 is 5.32 Å². The fraction of sp³-hybridized carbons (Fsp3) is 0.300. The van der Waals surface area contributed by atoms with Crippen molar-refractivity contribution in [2.45, 2.75) is 13.1 Å². The molecule has 1 aliphatic heterocycles. The summed E-state index contributed by atoms with van der Waals surface area (Å²) in [7, 11) is 1.95. The Morgan fingerprint density at radius 2 is 2.40 bits per heavy atom. The van der Waals surface area contributed by atoms with Gasteiger partial charge in [0, 0.05) is 12.1 Å². The highest BCUT2D eigenvalue weighted by atomic mass is 15.5. The number of nitrogens with zero attached hydrogens (tertiary/aromatic N) is 4. The summed E-state index contributed by atoms with van der Waals surface area (Å²) in [6, 6.07) is 6.40. The van der Waals surface area contributed by atoms with E-state index in [0.29, 0.717) is 0 Å². The van der Waals surface area contributed by atoms with Gasteiger partial charge in [-0.1, -0.05) is 18.2 Å². The van der Waals surface area contributed by atoms with Crippen molar-refractivity contribution in [1.82, 2.24) is 25.5 Å². The van der Waals surface area contributed by atoms with Crippen molar-refractivity contribution < 1.29 is 0 Å². The molecule has 15 heavy (non-hydrogen) atoms. The highest BCUT2D eigenvalue weighted by Crippen LogP contribution is 2.29. The minimum atomic E-state index is 0.787. The summed E-state index contributed by atoms with van der Waals surface area (Å²) in [4.78, 5) is 0. The number of hydrogen-bond acceptors (Lipinski definition) is 4. The average molecular weight is 201 g/mol. The number of tetrazole rings is 1. The van der Waals surface area contributed by atoms with Crippen LogP contribution in [0.5, 0.6) is 0 Å². The second kappa shape index (κ2) is 3.13. The van der Waals surface area contributed by atoms with Crippen molar-refractivity contribution in [3.8, 4) is 11.4 Å². The van der Waals surface area contributed by atoms with E-state index in [0.717, 1.165) is 24.5 Å². The highest BCUT2D eigenvalue weighted by Gasteiger charge is 2.20. The molecule has 0 amide bonds. The van der Waals surface area contributed by atoms with E-state index >= 15 is 0 Å². The Hall–Kier alpha value is -1.75. The summed E-state index contributed by atoms with van der Waals surface area (Å²) in [5.74, 6) is 0.876. The number of hydrogen-bond donors (Lipinski definition) is 1. The van der Waals surface area contributed by atoms with Crippen LogP contribution in [0, 0.1) is 0 Å². The fourth-order valence-electron chi connectivity index (χ4n) is 1.98. The van der Waals surface area contributed by atoms with E-state index in [4.69, 9.17) is 0 Å². The fourth-order valence-corrected chi connectivity index (χ4v) is 1.98. The largest absolute Gasteiger partial charge is 0.316 e. The molecule has 76 valence electrons. The van der Waals surface area contributed by atoms with E-state index in [2.05, 4.69) is 39.0 Å². The van der Waals surface area contributed by atoms with Crippen molar-refractivity contribution in [3.05, 3.63) is 29.3 Å². The van der Waals surface area contributed by atoms with Gasteiger partial charge in [-0.25, -0.2) is 4.68 Å². The average Bonchev–Trinajstić information content (AvgIpc) is 2.77. The monoisotopic (exact) mass is 201 g/mol. The molecule has 0 aliphatic carbocycles. The summed E-state index contributed by atoms with van der Waals surface area (Å²) < 4.78 is 1.83. The molecule has 0 saturated heterocycles. The molecule has 0 atom stereocenters. The predicted molar refractivity (Wildman–Crippen MR) is 55.1 cm³/mol. The molecule has 0 unspecified atom stereocenters. The molecule has 1 aliphatic rings. The van der Waals surface area contributed by atoms with Gasteiger partial charge in [-0.3, -0.25) is 0 Å². The Balaban J connectivity index is 2.06. The first-order chi connectivity index (χ1) is 7.38. The SMILES string of the molecule is CNCc1ccc2c(c1)Cn1nnnc1-2. The molecule has 5 heteroatoms. The van der Waals surface area contributed by atoms with Gasteiger partial charge in [-0.05, 0) is 28.6 Å². The Labute approximate surface area is 87.1 Å². The molecule has 0 bridgehead atoms. The Morgan fingerprint density at radius 3 is 3.27 bits per heavy atom. The zero-order valence-corrected chi connectivity index (χ0v) is 8.44. The lowest BCUT2D eigenvalue weighted by Crippen LogP contribution is -2.05. The predicted octanol–water partition coefficient (Wildman–Crippen LogP) is 0.421. The van der Waals surface area contributed by atoms with Crippen molar-refractivity contribution >= 4 is 0 Å². The highest BCUT2D eigenvalue weighted by molar-refractivity contribution is 5.64. The molecule has 1 N–H and O–H groups in total. The molecule has 0 spiro atoms. The summed E-state index contributed by atoms with van der Waals surface area (Å²) in [5, 5.41) is 14.7. The Morgan fingerprint density at radius 1 is 1.47 bits per heavy atom. The van der Waals surface area contributed by atoms with Gasteiger partial charge in [0.2, 0.25) is 0 Å². The van der Waals surface area contributed by atoms with E-state index in [1.165, 1.54) is 11.1 Å². The molecule has 0 fully saturated rings. The lowest BCUT2D eigenvalue weighted by molar-refractivity contribution is 0.669. The first-order valence-electron chi connectivity index (χ1n) is 4.91. The van der Waals surface area contributed by atoms with Gasteiger partial charge < -0.3 is 5.32 Å². The van der Waals surface area contributed by atoms with Crippen LogP contribution in [-0.2, 0) is 13.1 Å². The number of aromatic nitrogens is 4. The second-order valence-corrected chi connectivity index (χ2v) is 3.68. The molecule has 0 saturated carbocycles. The van der Waals surface area contributed by atoms with Crippen LogP contribution in [0.2, 0.25) is 0 Å². The number of fused-ring (bicyclic) bond motifs is 3. The van der Waals surface area contributed by atoms with Crippen LogP contribution in [0.15, 0.2) is 18.2 Å². The third kappa shape index (κ3) is 1.24. The van der Waals surface area contributed by atoms with Gasteiger partial charge in [0.05, 0.1) is 6.54 Å². The molecular weight excluding hydrogens is 190 g/mol. The van der Waals surface area contributed by atoms with Crippen LogP contribution >= 0.6 is 0 Å². The van der Waals surface area contributed by atoms with E-state index in [9.17, 15) is 0 Å². The van der Waals surface area contributed by atoms with E-state index in [1.807, 2.05) is 11.7 Å². The molecule has 2 heterocycles. The molecule has 0 radical (unpaired) electrons. The van der Waals surface area contributed by atoms with Crippen LogP contribution in [0.3, 0.4) is 0 Å². The first kappa shape index (κ1) is 8.55. The zero-order chi connectivity index (χ0) is 10.3. The number of nitrogens with one attached hydrogen (secondary N) is 1. The lowest BCUT2D eigenvalue weighted by atomic mass is 10.1. The van der Waals surface area contributed by atoms with Gasteiger partial charge in [0.1, 0.15) is 0 Å². The van der Waals surface area contributed by atoms with Crippen molar-refractivity contribution in [2.75, 3.05) is 7.05 Å². The van der Waals surface area contributed by atoms with Gasteiger partial charge in [0.25, 0.3) is 0 Å². The van der Waals surface area contributed by atoms with Crippen molar-refractivity contribution in [3.63, 3.8) is 0 Å². The van der Waals surface area contributed by atoms with E-state index < -0.39 is 0 Å². The molecular formula is C10H11N5. The third-order valence-corrected chi connectivity index (χ3v) is 2.64. The maximum atomic E-state index is 4.00. The van der Waals surface area contributed by atoms with Crippen LogP contribution in [0.25, 0.3) is 11.4 Å². The van der Waals surface area contributed by atoms with Gasteiger partial charge in [-0.2, -0.15) is 0 Å².